The first-order valence-electron chi connectivity index (χ1n) is 7.12. The van der Waals surface area contributed by atoms with Crippen LogP contribution in [0.1, 0.15) is 19.8 Å². The van der Waals surface area contributed by atoms with Crippen molar-refractivity contribution in [1.29, 1.82) is 0 Å². The first-order chi connectivity index (χ1) is 11.0. The molecular formula is C15H18N2O6. The number of carbonyl (C=O) groups is 3. The van der Waals surface area contributed by atoms with Crippen molar-refractivity contribution in [3.8, 4) is 5.75 Å². The Labute approximate surface area is 133 Å². The second-order valence-electron chi connectivity index (χ2n) is 4.98. The molecule has 0 bridgehead atoms. The van der Waals surface area contributed by atoms with Crippen molar-refractivity contribution in [2.75, 3.05) is 19.0 Å². The highest BCUT2D eigenvalue weighted by Gasteiger charge is 2.28. The van der Waals surface area contributed by atoms with E-state index < -0.39 is 18.2 Å². The van der Waals surface area contributed by atoms with Crippen molar-refractivity contribution in [3.05, 3.63) is 24.3 Å². The number of hydroxylamine groups is 2. The van der Waals surface area contributed by atoms with Gasteiger partial charge < -0.3 is 19.6 Å². The van der Waals surface area contributed by atoms with Crippen molar-refractivity contribution in [2.45, 2.75) is 25.9 Å². The third kappa shape index (κ3) is 4.96. The second-order valence-corrected chi connectivity index (χ2v) is 4.98. The summed E-state index contributed by atoms with van der Waals surface area (Å²) in [5.74, 6) is -0.567. The van der Waals surface area contributed by atoms with Crippen LogP contribution in [0.25, 0.3) is 0 Å². The summed E-state index contributed by atoms with van der Waals surface area (Å²) in [6.07, 6.45) is -0.119. The number of nitrogens with one attached hydrogen (secondary N) is 1. The molecule has 1 saturated heterocycles. The Morgan fingerprint density at radius 2 is 1.96 bits per heavy atom. The summed E-state index contributed by atoms with van der Waals surface area (Å²) in [5, 5.41) is 3.31. The maximum atomic E-state index is 11.8. The maximum Gasteiger partial charge on any atom is 0.448 e. The van der Waals surface area contributed by atoms with E-state index >= 15 is 0 Å². The van der Waals surface area contributed by atoms with Crippen LogP contribution in [0.3, 0.4) is 0 Å². The van der Waals surface area contributed by atoms with Gasteiger partial charge in [-0.15, -0.1) is 5.06 Å². The molecule has 2 amide bonds. The highest BCUT2D eigenvalue weighted by Crippen LogP contribution is 2.17. The van der Waals surface area contributed by atoms with E-state index in [4.69, 9.17) is 14.3 Å². The van der Waals surface area contributed by atoms with E-state index in [0.29, 0.717) is 23.8 Å². The fraction of sp³-hybridized carbons (Fsp3) is 0.400. The van der Waals surface area contributed by atoms with E-state index in [0.717, 1.165) is 6.42 Å². The quantitative estimate of drug-likeness (QED) is 0.851. The Morgan fingerprint density at radius 1 is 1.26 bits per heavy atom. The van der Waals surface area contributed by atoms with Crippen LogP contribution in [0.2, 0.25) is 0 Å². The molecule has 1 aliphatic rings. The number of nitrogens with zero attached hydrogens (tertiary/aromatic N) is 1. The molecule has 1 N–H and O–H groups in total. The van der Waals surface area contributed by atoms with E-state index in [1.165, 1.54) is 26.1 Å². The lowest BCUT2D eigenvalue weighted by Crippen LogP contribution is -2.36. The minimum absolute atomic E-state index is 0.199. The summed E-state index contributed by atoms with van der Waals surface area (Å²) in [5.41, 5.74) is 0.579. The van der Waals surface area contributed by atoms with Crippen LogP contribution in [0.5, 0.6) is 5.75 Å². The molecule has 1 unspecified atom stereocenters. The van der Waals surface area contributed by atoms with Crippen LogP contribution in [-0.4, -0.2) is 42.8 Å². The Kier molecular flexibility index (Phi) is 5.53. The second kappa shape index (κ2) is 7.59. The summed E-state index contributed by atoms with van der Waals surface area (Å²) in [6, 6.07) is 6.20. The summed E-state index contributed by atoms with van der Waals surface area (Å²) >= 11 is 0. The molecular weight excluding hydrogens is 304 g/mol. The smallest absolute Gasteiger partial charge is 0.408 e. The van der Waals surface area contributed by atoms with Crippen LogP contribution in [0, 0.1) is 0 Å². The zero-order valence-corrected chi connectivity index (χ0v) is 12.9. The zero-order valence-electron chi connectivity index (χ0n) is 12.9. The minimum Gasteiger partial charge on any atom is -0.408 e. The van der Waals surface area contributed by atoms with Gasteiger partial charge in [0.1, 0.15) is 5.75 Å². The number of carbonyl (C=O) groups excluding carboxylic acids is 3. The molecule has 0 saturated carbocycles. The Hall–Kier alpha value is -2.61. The molecule has 0 aromatic heterocycles. The van der Waals surface area contributed by atoms with Gasteiger partial charge in [0, 0.05) is 19.2 Å². The highest BCUT2D eigenvalue weighted by atomic mass is 16.8. The van der Waals surface area contributed by atoms with Gasteiger partial charge in [-0.2, -0.15) is 0 Å². The Morgan fingerprint density at radius 3 is 2.52 bits per heavy atom. The fourth-order valence-electron chi connectivity index (χ4n) is 1.97. The van der Waals surface area contributed by atoms with E-state index in [1.54, 1.807) is 12.1 Å². The van der Waals surface area contributed by atoms with Gasteiger partial charge in [-0.05, 0) is 37.1 Å². The van der Waals surface area contributed by atoms with Crippen LogP contribution >= 0.6 is 0 Å². The number of amides is 2. The minimum atomic E-state index is -0.844. The van der Waals surface area contributed by atoms with Gasteiger partial charge in [0.2, 0.25) is 5.91 Å². The molecule has 8 heteroatoms. The van der Waals surface area contributed by atoms with Gasteiger partial charge in [-0.25, -0.2) is 9.59 Å². The maximum absolute atomic E-state index is 11.8. The van der Waals surface area contributed by atoms with E-state index in [2.05, 4.69) is 5.32 Å². The SMILES string of the molecule is CC(=O)Nc1ccc(OC(=O)N(C)OC(=O)C2CCCO2)cc1. The molecule has 23 heavy (non-hydrogen) atoms. The lowest BCUT2D eigenvalue weighted by molar-refractivity contribution is -0.185. The molecule has 1 heterocycles. The first-order valence-corrected chi connectivity index (χ1v) is 7.12. The van der Waals surface area contributed by atoms with Crippen molar-refractivity contribution in [1.82, 2.24) is 5.06 Å². The molecule has 8 nitrogen and oxygen atoms in total. The lowest BCUT2D eigenvalue weighted by atomic mass is 10.2. The molecule has 1 aromatic rings. The largest absolute Gasteiger partial charge is 0.448 e. The number of anilines is 1. The fourth-order valence-corrected chi connectivity index (χ4v) is 1.97. The molecule has 1 aromatic carbocycles. The third-order valence-corrected chi connectivity index (χ3v) is 3.06. The molecule has 0 radical (unpaired) electrons. The van der Waals surface area contributed by atoms with E-state index in [9.17, 15) is 14.4 Å². The van der Waals surface area contributed by atoms with Gasteiger partial charge in [-0.3, -0.25) is 4.79 Å². The Balaban J connectivity index is 1.85. The van der Waals surface area contributed by atoms with Crippen molar-refractivity contribution >= 4 is 23.7 Å². The van der Waals surface area contributed by atoms with Crippen molar-refractivity contribution in [2.24, 2.45) is 0 Å². The summed E-state index contributed by atoms with van der Waals surface area (Å²) in [4.78, 5) is 39.4. The van der Waals surface area contributed by atoms with Crippen LogP contribution in [-0.2, 0) is 19.2 Å². The van der Waals surface area contributed by atoms with Crippen LogP contribution in [0.4, 0.5) is 10.5 Å². The van der Waals surface area contributed by atoms with Gasteiger partial charge in [0.25, 0.3) is 0 Å². The number of hydrogen-bond acceptors (Lipinski definition) is 6. The molecule has 0 spiro atoms. The van der Waals surface area contributed by atoms with Crippen molar-refractivity contribution in [3.63, 3.8) is 0 Å². The van der Waals surface area contributed by atoms with Gasteiger partial charge in [0.15, 0.2) is 6.10 Å². The van der Waals surface area contributed by atoms with Crippen LogP contribution < -0.4 is 10.1 Å². The number of benzene rings is 1. The topological polar surface area (TPSA) is 94.2 Å². The number of rotatable bonds is 3. The molecule has 0 aliphatic carbocycles. The van der Waals surface area contributed by atoms with Crippen molar-refractivity contribution < 1.29 is 28.7 Å². The molecule has 1 fully saturated rings. The zero-order chi connectivity index (χ0) is 16.8. The summed E-state index contributed by atoms with van der Waals surface area (Å²) in [7, 11) is 1.28. The van der Waals surface area contributed by atoms with Gasteiger partial charge >= 0.3 is 12.1 Å². The van der Waals surface area contributed by atoms with Gasteiger partial charge in [-0.1, -0.05) is 0 Å². The third-order valence-electron chi connectivity index (χ3n) is 3.06. The summed E-state index contributed by atoms with van der Waals surface area (Å²) in [6.45, 7) is 1.90. The highest BCUT2D eigenvalue weighted by molar-refractivity contribution is 5.88. The van der Waals surface area contributed by atoms with Gasteiger partial charge in [0.05, 0.1) is 7.05 Å². The average molecular weight is 322 g/mol. The first kappa shape index (κ1) is 16.8. The van der Waals surface area contributed by atoms with E-state index in [-0.39, 0.29) is 11.7 Å². The number of hydrogen-bond donors (Lipinski definition) is 1. The normalized spacial score (nSPS) is 16.5. The monoisotopic (exact) mass is 322 g/mol. The predicted molar refractivity (Wildman–Crippen MR) is 79.6 cm³/mol. The predicted octanol–water partition coefficient (Wildman–Crippen LogP) is 1.71. The molecule has 1 aliphatic heterocycles. The number of ether oxygens (including phenoxy) is 2. The molecule has 124 valence electrons. The Bertz CT molecular complexity index is 580. The average Bonchev–Trinajstić information content (AvgIpc) is 3.03. The standard InChI is InChI=1S/C15H18N2O6/c1-10(18)16-11-5-7-12(8-6-11)22-15(20)17(2)23-14(19)13-4-3-9-21-13/h5-8,13H,3-4,9H2,1-2H3,(H,16,18). The lowest BCUT2D eigenvalue weighted by Gasteiger charge is -2.17. The van der Waals surface area contributed by atoms with Crippen LogP contribution in [0.15, 0.2) is 24.3 Å². The molecule has 1 atom stereocenters. The summed E-state index contributed by atoms with van der Waals surface area (Å²) < 4.78 is 10.2. The van der Waals surface area contributed by atoms with E-state index in [1.807, 2.05) is 0 Å². The molecule has 2 rings (SSSR count).